The van der Waals surface area contributed by atoms with Crippen LogP contribution in [0.25, 0.3) is 0 Å². The summed E-state index contributed by atoms with van der Waals surface area (Å²) in [5.41, 5.74) is 3.25. The first-order valence-corrected chi connectivity index (χ1v) is 12.4. The van der Waals surface area contributed by atoms with Gasteiger partial charge < -0.3 is 9.84 Å². The van der Waals surface area contributed by atoms with E-state index in [2.05, 4.69) is 41.9 Å². The summed E-state index contributed by atoms with van der Waals surface area (Å²) < 4.78 is 21.7. The van der Waals surface area contributed by atoms with Crippen LogP contribution < -0.4 is 4.74 Å². The molecule has 0 spiro atoms. The maximum Gasteiger partial charge on any atom is 0.303 e. The minimum Gasteiger partial charge on any atom is -0.481 e. The van der Waals surface area contributed by atoms with Crippen molar-refractivity contribution in [3.05, 3.63) is 82.8 Å². The number of aromatic nitrogens is 1. The summed E-state index contributed by atoms with van der Waals surface area (Å²) in [4.78, 5) is 18.2. The molecule has 2 aromatic rings. The number of ether oxygens (including phenoxy) is 1. The van der Waals surface area contributed by atoms with E-state index in [1.165, 1.54) is 17.2 Å². The molecule has 3 atom stereocenters. The summed E-state index contributed by atoms with van der Waals surface area (Å²) in [6.07, 6.45) is 9.34. The van der Waals surface area contributed by atoms with Gasteiger partial charge in [-0.1, -0.05) is 36.4 Å². The molecule has 2 heterocycles. The highest BCUT2D eigenvalue weighted by atomic mass is 19.1. The number of hydrogen-bond acceptors (Lipinski definition) is 4. The number of fused-ring (bicyclic) bond motifs is 2. The van der Waals surface area contributed by atoms with Gasteiger partial charge in [0.15, 0.2) is 0 Å². The van der Waals surface area contributed by atoms with E-state index in [4.69, 9.17) is 4.74 Å². The Morgan fingerprint density at radius 3 is 2.89 bits per heavy atom. The van der Waals surface area contributed by atoms with Crippen LogP contribution in [0.4, 0.5) is 4.39 Å². The monoisotopic (exact) mass is 476 g/mol. The molecule has 0 saturated carbocycles. The molecule has 6 heteroatoms. The summed E-state index contributed by atoms with van der Waals surface area (Å²) in [5, 5.41) is 9.24. The van der Waals surface area contributed by atoms with Crippen LogP contribution in [-0.2, 0) is 23.2 Å². The molecule has 5 nitrogen and oxygen atoms in total. The molecule has 0 radical (unpaired) electrons. The van der Waals surface area contributed by atoms with Gasteiger partial charge in [0.2, 0.25) is 5.88 Å². The van der Waals surface area contributed by atoms with Crippen molar-refractivity contribution in [3.8, 4) is 5.88 Å². The second-order valence-electron chi connectivity index (χ2n) is 10.8. The number of carboxylic acid groups (broad SMARTS) is 1. The zero-order valence-corrected chi connectivity index (χ0v) is 20.6. The zero-order chi connectivity index (χ0) is 24.8. The molecule has 0 saturated heterocycles. The Labute approximate surface area is 206 Å². The SMILES string of the molecule is CC1(C)CN(C2CCc3ccc(C4(C)C(F)=CC=CC4CCC(=O)O)cc32)Cc2cccnc2O1. The molecular formula is C29H33FN2O3. The molecule has 0 fully saturated rings. The Kier molecular flexibility index (Phi) is 6.04. The van der Waals surface area contributed by atoms with Crippen LogP contribution in [0, 0.1) is 5.92 Å². The van der Waals surface area contributed by atoms with E-state index in [9.17, 15) is 9.90 Å². The molecule has 1 aromatic heterocycles. The lowest BCUT2D eigenvalue weighted by atomic mass is 9.66. The minimum atomic E-state index is -0.885. The Bertz CT molecular complexity index is 1200. The number of aliphatic carboxylic acids is 1. The second-order valence-corrected chi connectivity index (χ2v) is 10.8. The lowest BCUT2D eigenvalue weighted by Gasteiger charge is -2.38. The zero-order valence-electron chi connectivity index (χ0n) is 20.6. The lowest BCUT2D eigenvalue weighted by molar-refractivity contribution is -0.137. The van der Waals surface area contributed by atoms with Crippen molar-refractivity contribution in [1.29, 1.82) is 0 Å². The summed E-state index contributed by atoms with van der Waals surface area (Å²) in [6, 6.07) is 10.6. The van der Waals surface area contributed by atoms with Gasteiger partial charge in [-0.15, -0.1) is 0 Å². The predicted molar refractivity (Wildman–Crippen MR) is 133 cm³/mol. The fourth-order valence-electron chi connectivity index (χ4n) is 6.03. The first-order chi connectivity index (χ1) is 16.7. The van der Waals surface area contributed by atoms with E-state index >= 15 is 4.39 Å². The van der Waals surface area contributed by atoms with Gasteiger partial charge in [-0.05, 0) is 74.8 Å². The van der Waals surface area contributed by atoms with Crippen molar-refractivity contribution in [1.82, 2.24) is 9.88 Å². The number of carbonyl (C=O) groups is 1. The molecule has 0 bridgehead atoms. The number of pyridine rings is 1. The van der Waals surface area contributed by atoms with Crippen molar-refractivity contribution in [3.63, 3.8) is 0 Å². The van der Waals surface area contributed by atoms with Gasteiger partial charge in [-0.3, -0.25) is 9.69 Å². The van der Waals surface area contributed by atoms with E-state index in [0.29, 0.717) is 12.3 Å². The van der Waals surface area contributed by atoms with Crippen LogP contribution in [0.3, 0.4) is 0 Å². The van der Waals surface area contributed by atoms with Gasteiger partial charge in [-0.25, -0.2) is 9.37 Å². The topological polar surface area (TPSA) is 62.7 Å². The number of hydrogen-bond donors (Lipinski definition) is 1. The average molecular weight is 477 g/mol. The van der Waals surface area contributed by atoms with E-state index in [1.54, 1.807) is 12.3 Å². The van der Waals surface area contributed by atoms with Crippen LogP contribution >= 0.6 is 0 Å². The smallest absolute Gasteiger partial charge is 0.303 e. The van der Waals surface area contributed by atoms with Crippen LogP contribution in [-0.4, -0.2) is 33.1 Å². The van der Waals surface area contributed by atoms with Gasteiger partial charge in [0, 0.05) is 37.3 Å². The highest BCUT2D eigenvalue weighted by Crippen LogP contribution is 2.48. The lowest BCUT2D eigenvalue weighted by Crippen LogP contribution is -2.42. The molecule has 1 aromatic carbocycles. The Balaban J connectivity index is 1.50. The van der Waals surface area contributed by atoms with Gasteiger partial charge in [0.1, 0.15) is 11.4 Å². The van der Waals surface area contributed by atoms with E-state index in [0.717, 1.165) is 37.1 Å². The number of nitrogens with zero attached hydrogens (tertiary/aromatic N) is 2. The summed E-state index contributed by atoms with van der Waals surface area (Å²) >= 11 is 0. The first-order valence-electron chi connectivity index (χ1n) is 12.4. The number of carboxylic acids is 1. The molecular weight excluding hydrogens is 443 g/mol. The standard InChI is InChI=1S/C29H33FN2O3/c1-28(2)18-32(17-20-6-5-15-31-27(20)35-28)24-13-10-19-9-11-22(16-23(19)24)29(3)21(12-14-26(33)34)7-4-8-25(29)30/h4-9,11,15-16,21,24H,10,12-14,17-18H2,1-3H3,(H,33,34). The third-order valence-corrected chi connectivity index (χ3v) is 7.91. The maximum absolute atomic E-state index is 15.4. The van der Waals surface area contributed by atoms with Gasteiger partial charge in [0.05, 0.1) is 5.41 Å². The third-order valence-electron chi connectivity index (χ3n) is 7.91. The fraction of sp³-hybridized carbons (Fsp3) is 0.448. The van der Waals surface area contributed by atoms with Crippen LogP contribution in [0.1, 0.15) is 68.3 Å². The molecule has 35 heavy (non-hydrogen) atoms. The minimum absolute atomic E-state index is 0.0156. The molecule has 3 unspecified atom stereocenters. The highest BCUT2D eigenvalue weighted by Gasteiger charge is 2.42. The first kappa shape index (κ1) is 23.7. The molecule has 3 aliphatic rings. The largest absolute Gasteiger partial charge is 0.481 e. The molecule has 1 N–H and O–H groups in total. The summed E-state index contributed by atoms with van der Waals surface area (Å²) in [7, 11) is 0. The third kappa shape index (κ3) is 4.40. The number of allylic oxidation sites excluding steroid dienone is 4. The predicted octanol–water partition coefficient (Wildman–Crippen LogP) is 5.90. The average Bonchev–Trinajstić information content (AvgIpc) is 3.17. The van der Waals surface area contributed by atoms with Gasteiger partial charge >= 0.3 is 5.97 Å². The Morgan fingerprint density at radius 1 is 1.26 bits per heavy atom. The number of rotatable bonds is 5. The second kappa shape index (κ2) is 8.90. The van der Waals surface area contributed by atoms with Crippen LogP contribution in [0.5, 0.6) is 5.88 Å². The Hall–Kier alpha value is -2.99. The van der Waals surface area contributed by atoms with Crippen LogP contribution in [0.15, 0.2) is 60.6 Å². The van der Waals surface area contributed by atoms with Gasteiger partial charge in [0.25, 0.3) is 0 Å². The molecule has 184 valence electrons. The molecule has 1 aliphatic heterocycles. The Morgan fingerprint density at radius 2 is 2.09 bits per heavy atom. The van der Waals surface area contributed by atoms with Crippen molar-refractivity contribution < 1.29 is 19.0 Å². The quantitative estimate of drug-likeness (QED) is 0.582. The van der Waals surface area contributed by atoms with E-state index < -0.39 is 17.0 Å². The van der Waals surface area contributed by atoms with Crippen molar-refractivity contribution >= 4 is 5.97 Å². The number of halogens is 1. The number of benzene rings is 1. The summed E-state index contributed by atoms with van der Waals surface area (Å²) in [6.45, 7) is 7.60. The molecule has 0 amide bonds. The van der Waals surface area contributed by atoms with Crippen molar-refractivity contribution in [2.45, 2.75) is 70.1 Å². The van der Waals surface area contributed by atoms with Gasteiger partial charge in [-0.2, -0.15) is 0 Å². The van der Waals surface area contributed by atoms with Crippen molar-refractivity contribution in [2.75, 3.05) is 6.54 Å². The maximum atomic E-state index is 15.4. The van der Waals surface area contributed by atoms with Crippen molar-refractivity contribution in [2.24, 2.45) is 5.92 Å². The number of aryl methyl sites for hydroxylation is 1. The molecule has 2 aliphatic carbocycles. The van der Waals surface area contributed by atoms with E-state index in [1.807, 2.05) is 25.1 Å². The fourth-order valence-corrected chi connectivity index (χ4v) is 6.03. The van der Waals surface area contributed by atoms with Crippen LogP contribution in [0.2, 0.25) is 0 Å². The molecule has 5 rings (SSSR count). The highest BCUT2D eigenvalue weighted by molar-refractivity contribution is 5.66. The normalized spacial score (nSPS) is 27.4. The summed E-state index contributed by atoms with van der Waals surface area (Å²) in [5.74, 6) is -0.591. The van der Waals surface area contributed by atoms with E-state index in [-0.39, 0.29) is 24.2 Å².